The van der Waals surface area contributed by atoms with E-state index in [4.69, 9.17) is 9.15 Å². The van der Waals surface area contributed by atoms with Gasteiger partial charge >= 0.3 is 5.97 Å². The Kier molecular flexibility index (Phi) is 8.16. The first-order valence-electron chi connectivity index (χ1n) is 12.9. The quantitative estimate of drug-likeness (QED) is 0.165. The summed E-state index contributed by atoms with van der Waals surface area (Å²) < 4.78 is 13.6. The number of ether oxygens (including phenoxy) is 1. The van der Waals surface area contributed by atoms with Crippen LogP contribution in [0, 0.1) is 0 Å². The van der Waals surface area contributed by atoms with Crippen LogP contribution < -0.4 is 20.8 Å². The predicted molar refractivity (Wildman–Crippen MR) is 152 cm³/mol. The fraction of sp³-hybridized carbons (Fsp3) is 0.167. The Morgan fingerprint density at radius 1 is 1.10 bits per heavy atom. The first-order chi connectivity index (χ1) is 19.9. The third-order valence-electron chi connectivity index (χ3n) is 6.30. The van der Waals surface area contributed by atoms with E-state index in [1.807, 2.05) is 6.07 Å². The normalized spacial score (nSPS) is 11.3. The smallest absolute Gasteiger partial charge is 0.336 e. The molecule has 0 radical (unpaired) electrons. The van der Waals surface area contributed by atoms with Gasteiger partial charge in [-0.2, -0.15) is 0 Å². The van der Waals surface area contributed by atoms with Gasteiger partial charge in [-0.15, -0.1) is 5.10 Å². The number of fused-ring (bicyclic) bond motifs is 2. The minimum Gasteiger partial charge on any atom is -0.492 e. The molecule has 0 atom stereocenters. The number of carboxylic acids is 1. The summed E-state index contributed by atoms with van der Waals surface area (Å²) in [5, 5.41) is 24.3. The molecule has 3 aromatic rings. The molecule has 0 fully saturated rings. The highest BCUT2D eigenvalue weighted by Crippen LogP contribution is 2.41. The van der Waals surface area contributed by atoms with Crippen molar-refractivity contribution in [1.29, 1.82) is 0 Å². The third kappa shape index (κ3) is 6.31. The monoisotopic (exact) mass is 553 g/mol. The maximum absolute atomic E-state index is 12.1. The summed E-state index contributed by atoms with van der Waals surface area (Å²) in [5.74, 6) is -0.397. The summed E-state index contributed by atoms with van der Waals surface area (Å²) in [6.45, 7) is 1.54. The lowest BCUT2D eigenvalue weighted by atomic mass is 9.91. The van der Waals surface area contributed by atoms with Gasteiger partial charge in [0.15, 0.2) is 5.43 Å². The Labute approximate surface area is 234 Å². The van der Waals surface area contributed by atoms with E-state index in [-0.39, 0.29) is 30.1 Å². The number of carbonyl (C=O) groups is 2. The summed E-state index contributed by atoms with van der Waals surface area (Å²) >= 11 is 0. The van der Waals surface area contributed by atoms with E-state index in [1.165, 1.54) is 18.2 Å². The Morgan fingerprint density at radius 3 is 2.78 bits per heavy atom. The zero-order valence-electron chi connectivity index (χ0n) is 22.2. The SMILES string of the molecule is CNCC=CC(=O)NCc1cn(CCOc2ccc3c(-c4ccccc4C(=O)O)c4ccc(=O)cc-4oc3c2)nn1. The predicted octanol–water partition coefficient (Wildman–Crippen LogP) is 3.33. The van der Waals surface area contributed by atoms with Crippen molar-refractivity contribution in [3.8, 4) is 28.2 Å². The number of carbonyl (C=O) groups excluding carboxylic acids is 1. The molecule has 0 saturated heterocycles. The first-order valence-corrected chi connectivity index (χ1v) is 12.9. The molecule has 1 aromatic heterocycles. The Bertz CT molecular complexity index is 1770. The van der Waals surface area contributed by atoms with Gasteiger partial charge in [0, 0.05) is 41.3 Å². The van der Waals surface area contributed by atoms with Crippen LogP contribution in [0.25, 0.3) is 33.4 Å². The molecule has 3 N–H and O–H groups in total. The van der Waals surface area contributed by atoms with Crippen molar-refractivity contribution >= 4 is 22.8 Å². The van der Waals surface area contributed by atoms with Gasteiger partial charge in [0.05, 0.1) is 24.8 Å². The number of nitrogens with one attached hydrogen (secondary N) is 2. The van der Waals surface area contributed by atoms with Gasteiger partial charge in [0.2, 0.25) is 5.91 Å². The largest absolute Gasteiger partial charge is 0.492 e. The summed E-state index contributed by atoms with van der Waals surface area (Å²) in [4.78, 5) is 35.9. The number of carboxylic acid groups (broad SMARTS) is 1. The number of nitrogens with zero attached hydrogens (tertiary/aromatic N) is 3. The van der Waals surface area contributed by atoms with E-state index in [9.17, 15) is 19.5 Å². The number of hydrogen-bond acceptors (Lipinski definition) is 8. The van der Waals surface area contributed by atoms with Gasteiger partial charge in [-0.3, -0.25) is 9.59 Å². The number of benzene rings is 3. The topological polar surface area (TPSA) is 149 Å². The average Bonchev–Trinajstić information content (AvgIpc) is 3.42. The number of aromatic nitrogens is 3. The molecular weight excluding hydrogens is 526 g/mol. The van der Waals surface area contributed by atoms with Gasteiger partial charge in [-0.05, 0) is 42.9 Å². The van der Waals surface area contributed by atoms with Gasteiger partial charge in [-0.25, -0.2) is 9.48 Å². The lowest BCUT2D eigenvalue weighted by molar-refractivity contribution is -0.116. The molecule has 11 heteroatoms. The van der Waals surface area contributed by atoms with E-state index in [0.717, 1.165) is 0 Å². The van der Waals surface area contributed by atoms with Crippen molar-refractivity contribution in [3.63, 3.8) is 0 Å². The summed E-state index contributed by atoms with van der Waals surface area (Å²) in [5.41, 5.74) is 2.79. The highest BCUT2D eigenvalue weighted by molar-refractivity contribution is 6.07. The zero-order chi connectivity index (χ0) is 28.8. The molecular formula is C30H27N5O6. The molecule has 0 saturated carbocycles. The van der Waals surface area contributed by atoms with Gasteiger partial charge in [-0.1, -0.05) is 29.5 Å². The lowest BCUT2D eigenvalue weighted by Crippen LogP contribution is -2.21. The lowest BCUT2D eigenvalue weighted by Gasteiger charge is -2.17. The van der Waals surface area contributed by atoms with Crippen molar-refractivity contribution < 1.29 is 23.8 Å². The van der Waals surface area contributed by atoms with E-state index in [1.54, 1.807) is 66.5 Å². The van der Waals surface area contributed by atoms with E-state index < -0.39 is 5.97 Å². The van der Waals surface area contributed by atoms with E-state index >= 15 is 0 Å². The Morgan fingerprint density at radius 2 is 1.95 bits per heavy atom. The van der Waals surface area contributed by atoms with Crippen LogP contribution >= 0.6 is 0 Å². The van der Waals surface area contributed by atoms with Crippen LogP contribution in [0.2, 0.25) is 0 Å². The molecule has 2 aliphatic rings. The molecule has 0 bridgehead atoms. The maximum Gasteiger partial charge on any atom is 0.336 e. The first kappa shape index (κ1) is 27.3. The van der Waals surface area contributed by atoms with Crippen LogP contribution in [-0.4, -0.2) is 52.2 Å². The minimum absolute atomic E-state index is 0.143. The molecule has 1 aliphatic heterocycles. The van der Waals surface area contributed by atoms with Crippen molar-refractivity contribution in [2.75, 3.05) is 20.2 Å². The molecule has 1 amide bonds. The second-order valence-corrected chi connectivity index (χ2v) is 9.14. The Hall–Kier alpha value is -5.29. The number of aromatic carboxylic acids is 1. The second kappa shape index (κ2) is 12.3. The molecule has 208 valence electrons. The van der Waals surface area contributed by atoms with E-state index in [0.29, 0.717) is 58.0 Å². The summed E-state index contributed by atoms with van der Waals surface area (Å²) in [6, 6.07) is 16.5. The highest BCUT2D eigenvalue weighted by Gasteiger charge is 2.21. The molecule has 0 spiro atoms. The summed E-state index contributed by atoms with van der Waals surface area (Å²) in [7, 11) is 1.80. The van der Waals surface area contributed by atoms with Gasteiger partial charge in [0.1, 0.15) is 29.4 Å². The van der Waals surface area contributed by atoms with Crippen molar-refractivity contribution in [1.82, 2.24) is 25.6 Å². The zero-order valence-corrected chi connectivity index (χ0v) is 22.2. The molecule has 11 nitrogen and oxygen atoms in total. The molecule has 1 aliphatic carbocycles. The molecule has 2 aromatic carbocycles. The van der Waals surface area contributed by atoms with Gasteiger partial charge < -0.3 is 24.9 Å². The van der Waals surface area contributed by atoms with Crippen molar-refractivity contribution in [2.24, 2.45) is 0 Å². The standard InChI is InChI=1S/C30H27N5O6/c1-31-12-4-7-28(37)32-17-19-18-35(34-33-19)13-14-40-21-9-11-25-27(16-21)41-26-15-20(36)8-10-24(26)29(25)22-5-2-3-6-23(22)30(38)39/h2-11,15-16,18,31H,12-14,17H2,1H3,(H,32,37)(H,38,39). The summed E-state index contributed by atoms with van der Waals surface area (Å²) in [6.07, 6.45) is 4.92. The Balaban J connectivity index is 1.34. The molecule has 5 rings (SSSR count). The molecule has 0 unspecified atom stereocenters. The van der Waals surface area contributed by atoms with Crippen LogP contribution in [0.15, 0.2) is 88.2 Å². The minimum atomic E-state index is -1.05. The molecule has 2 heterocycles. The van der Waals surface area contributed by atoms with Crippen LogP contribution in [0.4, 0.5) is 0 Å². The van der Waals surface area contributed by atoms with Gasteiger partial charge in [0.25, 0.3) is 0 Å². The number of amides is 1. The van der Waals surface area contributed by atoms with Crippen LogP contribution in [0.5, 0.6) is 5.75 Å². The third-order valence-corrected chi connectivity index (χ3v) is 6.30. The fourth-order valence-electron chi connectivity index (χ4n) is 4.42. The van der Waals surface area contributed by atoms with Crippen LogP contribution in [0.3, 0.4) is 0 Å². The highest BCUT2D eigenvalue weighted by atomic mass is 16.5. The number of likely N-dealkylation sites (N-methyl/N-ethyl adjacent to an activating group) is 1. The van der Waals surface area contributed by atoms with Crippen LogP contribution in [-0.2, 0) is 17.9 Å². The van der Waals surface area contributed by atoms with Crippen molar-refractivity contribution in [3.05, 3.63) is 100 Å². The number of hydrogen-bond donors (Lipinski definition) is 3. The van der Waals surface area contributed by atoms with Crippen molar-refractivity contribution in [2.45, 2.75) is 13.1 Å². The average molecular weight is 554 g/mol. The van der Waals surface area contributed by atoms with Crippen LogP contribution in [0.1, 0.15) is 16.1 Å². The number of rotatable bonds is 11. The maximum atomic E-state index is 12.1. The fourth-order valence-corrected chi connectivity index (χ4v) is 4.42. The second-order valence-electron chi connectivity index (χ2n) is 9.14. The van der Waals surface area contributed by atoms with E-state index in [2.05, 4.69) is 20.9 Å². The molecule has 41 heavy (non-hydrogen) atoms.